The molecule has 2 amide bonds. The van der Waals surface area contributed by atoms with E-state index in [9.17, 15) is 9.59 Å². The van der Waals surface area contributed by atoms with E-state index < -0.39 is 5.97 Å². The van der Waals surface area contributed by atoms with E-state index in [1.54, 1.807) is 11.3 Å². The lowest BCUT2D eigenvalue weighted by atomic mass is 10.3. The zero-order chi connectivity index (χ0) is 12.7. The first-order valence-corrected chi connectivity index (χ1v) is 6.24. The van der Waals surface area contributed by atoms with Gasteiger partial charge in [-0.15, -0.1) is 11.3 Å². The minimum absolute atomic E-state index is 0.0737. The van der Waals surface area contributed by atoms with Gasteiger partial charge in [-0.05, 0) is 30.4 Å². The summed E-state index contributed by atoms with van der Waals surface area (Å²) in [5.74, 6) is -0.846. The number of urea groups is 1. The number of aliphatic carboxylic acids is 1. The van der Waals surface area contributed by atoms with Crippen molar-refractivity contribution in [1.82, 2.24) is 10.6 Å². The molecule has 0 aromatic carbocycles. The fourth-order valence-corrected chi connectivity index (χ4v) is 2.10. The highest BCUT2D eigenvalue weighted by molar-refractivity contribution is 7.10. The predicted molar refractivity (Wildman–Crippen MR) is 66.2 cm³/mol. The van der Waals surface area contributed by atoms with Gasteiger partial charge in [-0.1, -0.05) is 0 Å². The van der Waals surface area contributed by atoms with Crippen LogP contribution < -0.4 is 10.6 Å². The van der Waals surface area contributed by atoms with Gasteiger partial charge in [0.1, 0.15) is 0 Å². The Morgan fingerprint density at radius 1 is 1.41 bits per heavy atom. The molecule has 0 unspecified atom stereocenters. The molecule has 0 atom stereocenters. The Balaban J connectivity index is 2.13. The second-order valence-corrected chi connectivity index (χ2v) is 4.63. The van der Waals surface area contributed by atoms with Crippen molar-refractivity contribution < 1.29 is 14.7 Å². The number of carbonyl (C=O) groups is 2. The van der Waals surface area contributed by atoms with Crippen LogP contribution in [0.1, 0.15) is 23.3 Å². The molecule has 1 heterocycles. The van der Waals surface area contributed by atoms with Crippen LogP contribution in [-0.2, 0) is 11.3 Å². The summed E-state index contributed by atoms with van der Waals surface area (Å²) in [7, 11) is 0. The lowest BCUT2D eigenvalue weighted by Gasteiger charge is -2.06. The number of nitrogens with one attached hydrogen (secondary N) is 2. The first-order chi connectivity index (χ1) is 8.09. The van der Waals surface area contributed by atoms with Crippen LogP contribution in [0.5, 0.6) is 0 Å². The molecule has 0 fully saturated rings. The number of aryl methyl sites for hydroxylation is 1. The molecule has 0 bridgehead atoms. The third kappa shape index (κ3) is 5.35. The van der Waals surface area contributed by atoms with Crippen LogP contribution in [0.15, 0.2) is 11.4 Å². The van der Waals surface area contributed by atoms with Crippen molar-refractivity contribution in [1.29, 1.82) is 0 Å². The summed E-state index contributed by atoms with van der Waals surface area (Å²) >= 11 is 1.60. The van der Waals surface area contributed by atoms with E-state index in [-0.39, 0.29) is 12.5 Å². The van der Waals surface area contributed by atoms with E-state index >= 15 is 0 Å². The van der Waals surface area contributed by atoms with Crippen molar-refractivity contribution in [2.45, 2.75) is 26.3 Å². The standard InChI is InChI=1S/C11H16N2O3S/c1-8-4-6-17-9(8)7-13-11(16)12-5-2-3-10(14)15/h4,6H,2-3,5,7H2,1H3,(H,14,15)(H2,12,13,16). The van der Waals surface area contributed by atoms with Crippen molar-refractivity contribution in [2.24, 2.45) is 0 Å². The lowest BCUT2D eigenvalue weighted by Crippen LogP contribution is -2.35. The summed E-state index contributed by atoms with van der Waals surface area (Å²) in [4.78, 5) is 22.7. The Morgan fingerprint density at radius 3 is 2.76 bits per heavy atom. The summed E-state index contributed by atoms with van der Waals surface area (Å²) in [5.41, 5.74) is 1.17. The molecular formula is C11H16N2O3S. The van der Waals surface area contributed by atoms with Gasteiger partial charge in [-0.2, -0.15) is 0 Å². The van der Waals surface area contributed by atoms with Crippen LogP contribution in [-0.4, -0.2) is 23.7 Å². The molecule has 1 rings (SSSR count). The molecule has 94 valence electrons. The van der Waals surface area contributed by atoms with Gasteiger partial charge in [0.15, 0.2) is 0 Å². The normalized spacial score (nSPS) is 9.94. The maximum Gasteiger partial charge on any atom is 0.315 e. The third-order valence-corrected chi connectivity index (χ3v) is 3.25. The summed E-state index contributed by atoms with van der Waals surface area (Å²) in [5, 5.41) is 15.7. The van der Waals surface area contributed by atoms with Gasteiger partial charge in [0.25, 0.3) is 0 Å². The van der Waals surface area contributed by atoms with Crippen LogP contribution >= 0.6 is 11.3 Å². The molecule has 0 aliphatic rings. The van der Waals surface area contributed by atoms with E-state index in [0.29, 0.717) is 19.5 Å². The number of rotatable bonds is 6. The number of hydrogen-bond acceptors (Lipinski definition) is 3. The highest BCUT2D eigenvalue weighted by Crippen LogP contribution is 2.14. The lowest BCUT2D eigenvalue weighted by molar-refractivity contribution is -0.137. The number of hydrogen-bond donors (Lipinski definition) is 3. The zero-order valence-corrected chi connectivity index (χ0v) is 10.5. The number of carboxylic acid groups (broad SMARTS) is 1. The molecule has 0 radical (unpaired) electrons. The van der Waals surface area contributed by atoms with Crippen LogP contribution in [0.2, 0.25) is 0 Å². The molecule has 5 nitrogen and oxygen atoms in total. The van der Waals surface area contributed by atoms with Gasteiger partial charge in [-0.25, -0.2) is 4.79 Å². The summed E-state index contributed by atoms with van der Waals surface area (Å²) in [6.07, 6.45) is 0.519. The van der Waals surface area contributed by atoms with E-state index in [2.05, 4.69) is 10.6 Å². The molecule has 0 saturated heterocycles. The fourth-order valence-electron chi connectivity index (χ4n) is 1.25. The molecule has 0 saturated carbocycles. The van der Waals surface area contributed by atoms with E-state index in [1.807, 2.05) is 18.4 Å². The molecular weight excluding hydrogens is 240 g/mol. The maximum atomic E-state index is 11.3. The van der Waals surface area contributed by atoms with Crippen molar-refractivity contribution in [3.8, 4) is 0 Å². The Bertz CT molecular complexity index is 390. The first kappa shape index (κ1) is 13.5. The summed E-state index contributed by atoms with van der Waals surface area (Å²) < 4.78 is 0. The quantitative estimate of drug-likeness (QED) is 0.678. The second-order valence-electron chi connectivity index (χ2n) is 3.63. The molecule has 17 heavy (non-hydrogen) atoms. The first-order valence-electron chi connectivity index (χ1n) is 5.36. The number of carboxylic acids is 1. The molecule has 0 spiro atoms. The Labute approximate surface area is 104 Å². The molecule has 0 aliphatic carbocycles. The molecule has 0 aliphatic heterocycles. The van der Waals surface area contributed by atoms with Crippen molar-refractivity contribution in [3.05, 3.63) is 21.9 Å². The van der Waals surface area contributed by atoms with Crippen LogP contribution in [0.3, 0.4) is 0 Å². The number of thiophene rings is 1. The molecule has 3 N–H and O–H groups in total. The number of amides is 2. The van der Waals surface area contributed by atoms with Crippen molar-refractivity contribution >= 4 is 23.3 Å². The van der Waals surface area contributed by atoms with Gasteiger partial charge in [0.2, 0.25) is 0 Å². The zero-order valence-electron chi connectivity index (χ0n) is 9.66. The van der Waals surface area contributed by atoms with Crippen LogP contribution in [0, 0.1) is 6.92 Å². The topological polar surface area (TPSA) is 78.4 Å². The second kappa shape index (κ2) is 6.90. The largest absolute Gasteiger partial charge is 0.481 e. The van der Waals surface area contributed by atoms with E-state index in [1.165, 1.54) is 5.56 Å². The molecule has 6 heteroatoms. The minimum atomic E-state index is -0.846. The third-order valence-electron chi connectivity index (χ3n) is 2.23. The molecule has 1 aromatic rings. The van der Waals surface area contributed by atoms with Crippen LogP contribution in [0.4, 0.5) is 4.79 Å². The Kier molecular flexibility index (Phi) is 5.48. The Hall–Kier alpha value is -1.56. The van der Waals surface area contributed by atoms with Gasteiger partial charge in [0, 0.05) is 17.8 Å². The van der Waals surface area contributed by atoms with Gasteiger partial charge >= 0.3 is 12.0 Å². The smallest absolute Gasteiger partial charge is 0.315 e. The highest BCUT2D eigenvalue weighted by Gasteiger charge is 2.03. The summed E-state index contributed by atoms with van der Waals surface area (Å²) in [6, 6.07) is 1.75. The van der Waals surface area contributed by atoms with Crippen molar-refractivity contribution in [2.75, 3.05) is 6.54 Å². The van der Waals surface area contributed by atoms with E-state index in [0.717, 1.165) is 4.88 Å². The number of carbonyl (C=O) groups excluding carboxylic acids is 1. The summed E-state index contributed by atoms with van der Waals surface area (Å²) in [6.45, 7) is 2.88. The van der Waals surface area contributed by atoms with Gasteiger partial charge < -0.3 is 15.7 Å². The average molecular weight is 256 g/mol. The molecule has 1 aromatic heterocycles. The van der Waals surface area contributed by atoms with Gasteiger partial charge in [-0.3, -0.25) is 4.79 Å². The fraction of sp³-hybridized carbons (Fsp3) is 0.455. The Morgan fingerprint density at radius 2 is 2.18 bits per heavy atom. The predicted octanol–water partition coefficient (Wildman–Crippen LogP) is 1.72. The van der Waals surface area contributed by atoms with Crippen molar-refractivity contribution in [3.63, 3.8) is 0 Å². The monoisotopic (exact) mass is 256 g/mol. The SMILES string of the molecule is Cc1ccsc1CNC(=O)NCCCC(=O)O. The van der Waals surface area contributed by atoms with Crippen LogP contribution in [0.25, 0.3) is 0 Å². The maximum absolute atomic E-state index is 11.3. The minimum Gasteiger partial charge on any atom is -0.481 e. The van der Waals surface area contributed by atoms with Gasteiger partial charge in [0.05, 0.1) is 6.54 Å². The highest BCUT2D eigenvalue weighted by atomic mass is 32.1. The van der Waals surface area contributed by atoms with E-state index in [4.69, 9.17) is 5.11 Å². The average Bonchev–Trinajstić information content (AvgIpc) is 2.67.